The Kier molecular flexibility index (Phi) is 3.83. The first-order valence-corrected chi connectivity index (χ1v) is 6.11. The van der Waals surface area contributed by atoms with E-state index >= 15 is 0 Å². The largest absolute Gasteiger partial charge is 0.510 e. The van der Waals surface area contributed by atoms with Crippen LogP contribution >= 0.6 is 11.6 Å². The molecule has 0 aliphatic carbocycles. The number of alkyl halides is 3. The number of nitrogens with zero attached hydrogens (tertiary/aromatic N) is 2. The number of hydrogen-bond acceptors (Lipinski definition) is 3. The summed E-state index contributed by atoms with van der Waals surface area (Å²) in [6.07, 6.45) is -5.19. The molecule has 1 unspecified atom stereocenters. The lowest BCUT2D eigenvalue weighted by Crippen LogP contribution is -2.38. The zero-order valence-corrected chi connectivity index (χ0v) is 11.1. The van der Waals surface area contributed by atoms with E-state index < -0.39 is 30.3 Å². The normalized spacial score (nSPS) is 18.6. The molecule has 0 bridgehead atoms. The first kappa shape index (κ1) is 15.2. The van der Waals surface area contributed by atoms with E-state index in [1.807, 2.05) is 0 Å². The number of rotatable bonds is 2. The fourth-order valence-corrected chi connectivity index (χ4v) is 2.26. The topological polar surface area (TPSA) is 64.3 Å². The van der Waals surface area contributed by atoms with Gasteiger partial charge in [-0.15, -0.1) is 0 Å². The molecule has 1 aromatic carbocycles. The average Bonchev–Trinajstić information content (AvgIpc) is 2.62. The maximum absolute atomic E-state index is 12.5. The second kappa shape index (κ2) is 5.30. The molecule has 4 nitrogen and oxygen atoms in total. The Balaban J connectivity index is 2.39. The lowest BCUT2D eigenvalue weighted by atomic mass is 10.1. The summed E-state index contributed by atoms with van der Waals surface area (Å²) in [6, 6.07) is 4.09. The molecule has 1 aliphatic heterocycles. The molecule has 0 saturated carbocycles. The number of aliphatic hydroxyl groups excluding tert-OH is 1. The minimum atomic E-state index is -4.55. The number of carbonyl (C=O) groups excluding carboxylic acids is 1. The van der Waals surface area contributed by atoms with Gasteiger partial charge in [0.15, 0.2) is 0 Å². The van der Waals surface area contributed by atoms with Crippen LogP contribution in [0.2, 0.25) is 5.02 Å². The highest BCUT2D eigenvalue weighted by Gasteiger charge is 2.42. The first-order valence-electron chi connectivity index (χ1n) is 5.73. The SMILES string of the molecule is N#Cc1ccc(N2C(=O)C=C(O)C2CC(F)(F)F)cc1Cl. The monoisotopic (exact) mass is 316 g/mol. The Labute approximate surface area is 122 Å². The second-order valence-corrected chi connectivity index (χ2v) is 4.80. The molecule has 0 radical (unpaired) electrons. The van der Waals surface area contributed by atoms with Gasteiger partial charge < -0.3 is 5.11 Å². The molecule has 1 heterocycles. The van der Waals surface area contributed by atoms with Crippen molar-refractivity contribution in [1.29, 1.82) is 5.26 Å². The van der Waals surface area contributed by atoms with Gasteiger partial charge >= 0.3 is 6.18 Å². The Bertz CT molecular complexity index is 664. The van der Waals surface area contributed by atoms with E-state index in [4.69, 9.17) is 16.9 Å². The molecule has 1 aliphatic rings. The number of anilines is 1. The van der Waals surface area contributed by atoms with Gasteiger partial charge in [-0.25, -0.2) is 0 Å². The first-order chi connectivity index (χ1) is 9.73. The van der Waals surface area contributed by atoms with Crippen molar-refractivity contribution in [1.82, 2.24) is 0 Å². The summed E-state index contributed by atoms with van der Waals surface area (Å²) >= 11 is 5.81. The molecular weight excluding hydrogens is 309 g/mol. The molecule has 8 heteroatoms. The van der Waals surface area contributed by atoms with Crippen molar-refractivity contribution >= 4 is 23.2 Å². The van der Waals surface area contributed by atoms with Crippen LogP contribution in [0.5, 0.6) is 0 Å². The number of halogens is 4. The van der Waals surface area contributed by atoms with Gasteiger partial charge in [0, 0.05) is 11.8 Å². The van der Waals surface area contributed by atoms with E-state index in [2.05, 4.69) is 0 Å². The Hall–Kier alpha value is -2.20. The third kappa shape index (κ3) is 3.11. The molecule has 0 fully saturated rings. The Morgan fingerprint density at radius 2 is 2.10 bits per heavy atom. The van der Waals surface area contributed by atoms with Gasteiger partial charge in [-0.1, -0.05) is 11.6 Å². The lowest BCUT2D eigenvalue weighted by molar-refractivity contribution is -0.138. The fraction of sp³-hybridized carbons (Fsp3) is 0.231. The minimum Gasteiger partial charge on any atom is -0.510 e. The summed E-state index contributed by atoms with van der Waals surface area (Å²) in [5.74, 6) is -1.43. The highest BCUT2D eigenvalue weighted by atomic mass is 35.5. The Morgan fingerprint density at radius 1 is 1.43 bits per heavy atom. The summed E-state index contributed by atoms with van der Waals surface area (Å²) in [4.78, 5) is 12.6. The van der Waals surface area contributed by atoms with Crippen LogP contribution in [0.15, 0.2) is 30.0 Å². The van der Waals surface area contributed by atoms with Gasteiger partial charge in [-0.2, -0.15) is 18.4 Å². The van der Waals surface area contributed by atoms with Gasteiger partial charge in [0.1, 0.15) is 17.9 Å². The van der Waals surface area contributed by atoms with Gasteiger partial charge in [0.2, 0.25) is 0 Å². The average molecular weight is 317 g/mol. The van der Waals surface area contributed by atoms with Crippen LogP contribution in [-0.4, -0.2) is 23.2 Å². The smallest absolute Gasteiger partial charge is 0.391 e. The van der Waals surface area contributed by atoms with Gasteiger partial charge in [-0.05, 0) is 18.2 Å². The lowest BCUT2D eigenvalue weighted by Gasteiger charge is -2.26. The summed E-state index contributed by atoms with van der Waals surface area (Å²) < 4.78 is 37.6. The highest BCUT2D eigenvalue weighted by Crippen LogP contribution is 2.35. The van der Waals surface area contributed by atoms with Crippen molar-refractivity contribution in [2.45, 2.75) is 18.6 Å². The highest BCUT2D eigenvalue weighted by molar-refractivity contribution is 6.32. The number of nitriles is 1. The van der Waals surface area contributed by atoms with Crippen LogP contribution in [0.1, 0.15) is 12.0 Å². The number of amides is 1. The van der Waals surface area contributed by atoms with E-state index in [9.17, 15) is 23.1 Å². The number of hydrogen-bond donors (Lipinski definition) is 1. The summed E-state index contributed by atoms with van der Waals surface area (Å²) in [5, 5.41) is 18.3. The zero-order valence-electron chi connectivity index (χ0n) is 10.4. The third-order valence-corrected chi connectivity index (χ3v) is 3.25. The van der Waals surface area contributed by atoms with Crippen LogP contribution in [-0.2, 0) is 4.79 Å². The van der Waals surface area contributed by atoms with E-state index in [1.54, 1.807) is 6.07 Å². The molecule has 2 rings (SSSR count). The number of aliphatic hydroxyl groups is 1. The summed E-state index contributed by atoms with van der Waals surface area (Å²) in [7, 11) is 0. The molecule has 0 spiro atoms. The minimum absolute atomic E-state index is 0.0138. The van der Waals surface area contributed by atoms with Crippen LogP contribution in [0.25, 0.3) is 0 Å². The van der Waals surface area contributed by atoms with Crippen molar-refractivity contribution in [3.8, 4) is 6.07 Å². The maximum atomic E-state index is 12.5. The van der Waals surface area contributed by atoms with Crippen molar-refractivity contribution in [2.75, 3.05) is 4.90 Å². The molecule has 1 atom stereocenters. The van der Waals surface area contributed by atoms with Gasteiger partial charge in [0.05, 0.1) is 17.0 Å². The summed E-state index contributed by atoms with van der Waals surface area (Å²) in [6.45, 7) is 0. The second-order valence-electron chi connectivity index (χ2n) is 4.39. The van der Waals surface area contributed by atoms with Gasteiger partial charge in [-0.3, -0.25) is 9.69 Å². The van der Waals surface area contributed by atoms with Crippen LogP contribution in [0.4, 0.5) is 18.9 Å². The van der Waals surface area contributed by atoms with E-state index in [0.29, 0.717) is 0 Å². The van der Waals surface area contributed by atoms with E-state index in [0.717, 1.165) is 11.0 Å². The van der Waals surface area contributed by atoms with Gasteiger partial charge in [0.25, 0.3) is 5.91 Å². The van der Waals surface area contributed by atoms with Crippen LogP contribution in [0.3, 0.4) is 0 Å². The molecule has 110 valence electrons. The molecule has 0 aromatic heterocycles. The van der Waals surface area contributed by atoms with Crippen LogP contribution < -0.4 is 4.90 Å². The van der Waals surface area contributed by atoms with Crippen molar-refractivity contribution in [3.63, 3.8) is 0 Å². The molecule has 0 saturated heterocycles. The zero-order chi connectivity index (χ0) is 15.8. The molecule has 21 heavy (non-hydrogen) atoms. The predicted molar refractivity (Wildman–Crippen MR) is 68.8 cm³/mol. The Morgan fingerprint density at radius 3 is 2.62 bits per heavy atom. The van der Waals surface area contributed by atoms with Crippen molar-refractivity contribution in [2.24, 2.45) is 0 Å². The molecule has 1 aromatic rings. The summed E-state index contributed by atoms with van der Waals surface area (Å²) in [5.41, 5.74) is 0.218. The standard InChI is InChI=1S/C13H8ClF3N2O2/c14-9-3-8(2-1-7(9)6-18)19-10(5-13(15,16)17)11(20)4-12(19)21/h1-4,10,20H,5H2. The van der Waals surface area contributed by atoms with Crippen molar-refractivity contribution < 1.29 is 23.1 Å². The third-order valence-electron chi connectivity index (χ3n) is 2.94. The van der Waals surface area contributed by atoms with E-state index in [1.165, 1.54) is 18.2 Å². The molecule has 1 amide bonds. The van der Waals surface area contributed by atoms with Crippen molar-refractivity contribution in [3.05, 3.63) is 40.6 Å². The fourth-order valence-electron chi connectivity index (χ4n) is 2.04. The van der Waals surface area contributed by atoms with Crippen LogP contribution in [0, 0.1) is 11.3 Å². The number of carbonyl (C=O) groups is 1. The quantitative estimate of drug-likeness (QED) is 0.910. The molecule has 1 N–H and O–H groups in total. The molecular formula is C13H8ClF3N2O2. The maximum Gasteiger partial charge on any atom is 0.391 e. The number of benzene rings is 1. The van der Waals surface area contributed by atoms with E-state index in [-0.39, 0.29) is 16.3 Å². The predicted octanol–water partition coefficient (Wildman–Crippen LogP) is 3.32.